The second kappa shape index (κ2) is 13.7. The predicted molar refractivity (Wildman–Crippen MR) is 205 cm³/mol. The van der Waals surface area contributed by atoms with Crippen molar-refractivity contribution in [1.29, 1.82) is 5.26 Å². The van der Waals surface area contributed by atoms with Crippen molar-refractivity contribution in [3.63, 3.8) is 0 Å². The number of rotatable bonds is 7. The number of anilines is 3. The molecule has 6 aromatic carbocycles. The highest BCUT2D eigenvalue weighted by molar-refractivity contribution is 5.80. The van der Waals surface area contributed by atoms with Gasteiger partial charge in [0.25, 0.3) is 0 Å². The minimum absolute atomic E-state index is 0.120. The Morgan fingerprint density at radius 2 is 0.694 bits per heavy atom. The van der Waals surface area contributed by atoms with Crippen molar-refractivity contribution in [1.82, 2.24) is 0 Å². The number of benzene rings is 6. The number of azo groups is 1. The SMILES string of the molecule is CC(C)(C)c1ccc(-c2ccc(N(c3ccc(N=Nc4ccc(C#N)cc4)cc3)c3ccc(-c4ccc(C(C)(C)C)cc4)cc3)cc2)cc1. The van der Waals surface area contributed by atoms with Crippen LogP contribution in [0.25, 0.3) is 22.3 Å². The molecule has 0 radical (unpaired) electrons. The van der Waals surface area contributed by atoms with E-state index in [2.05, 4.69) is 172 Å². The maximum absolute atomic E-state index is 9.06. The van der Waals surface area contributed by atoms with Gasteiger partial charge in [0.15, 0.2) is 0 Å². The molecule has 0 saturated heterocycles. The average molecular weight is 639 g/mol. The first-order valence-electron chi connectivity index (χ1n) is 16.7. The summed E-state index contributed by atoms with van der Waals surface area (Å²) in [4.78, 5) is 2.26. The third kappa shape index (κ3) is 7.86. The van der Waals surface area contributed by atoms with Crippen molar-refractivity contribution in [3.05, 3.63) is 162 Å². The third-order valence-corrected chi connectivity index (χ3v) is 8.80. The van der Waals surface area contributed by atoms with E-state index in [1.54, 1.807) is 24.3 Å². The first-order chi connectivity index (χ1) is 23.5. The van der Waals surface area contributed by atoms with Gasteiger partial charge in [-0.15, -0.1) is 0 Å². The lowest BCUT2D eigenvalue weighted by molar-refractivity contribution is 0.590. The number of hydrogen-bond donors (Lipinski definition) is 0. The zero-order valence-corrected chi connectivity index (χ0v) is 29.1. The number of nitriles is 1. The monoisotopic (exact) mass is 638 g/mol. The predicted octanol–water partition coefficient (Wildman–Crippen LogP) is 13.4. The highest BCUT2D eigenvalue weighted by Gasteiger charge is 2.16. The largest absolute Gasteiger partial charge is 0.311 e. The van der Waals surface area contributed by atoms with Crippen LogP contribution in [0.15, 0.2) is 156 Å². The molecule has 0 unspecified atom stereocenters. The maximum Gasteiger partial charge on any atom is 0.0991 e. The molecule has 0 amide bonds. The van der Waals surface area contributed by atoms with Crippen LogP contribution in [-0.4, -0.2) is 0 Å². The lowest BCUT2D eigenvalue weighted by Crippen LogP contribution is -2.10. The molecule has 0 aliphatic rings. The van der Waals surface area contributed by atoms with E-state index in [1.807, 2.05) is 12.1 Å². The minimum atomic E-state index is 0.120. The van der Waals surface area contributed by atoms with Gasteiger partial charge in [-0.3, -0.25) is 0 Å². The van der Waals surface area contributed by atoms with E-state index in [-0.39, 0.29) is 10.8 Å². The Balaban J connectivity index is 1.31. The van der Waals surface area contributed by atoms with E-state index in [1.165, 1.54) is 33.4 Å². The third-order valence-electron chi connectivity index (χ3n) is 8.80. The standard InChI is InChI=1S/C45H42N4/c1-44(2,3)37-17-9-33(10-18-37)35-13-25-41(26-14-35)49(42-27-15-36(16-28-42)34-11-19-38(20-12-34)45(4,5)6)43-29-23-40(24-30-43)48-47-39-21-7-32(31-46)8-22-39/h7-30H,1-6H3. The first-order valence-corrected chi connectivity index (χ1v) is 16.7. The Morgan fingerprint density at radius 1 is 0.408 bits per heavy atom. The normalized spacial score (nSPS) is 11.8. The molecule has 4 nitrogen and oxygen atoms in total. The highest BCUT2D eigenvalue weighted by atomic mass is 15.1. The Hall–Kier alpha value is -5.79. The van der Waals surface area contributed by atoms with Crippen molar-refractivity contribution in [3.8, 4) is 28.3 Å². The van der Waals surface area contributed by atoms with E-state index in [9.17, 15) is 0 Å². The Bertz CT molecular complexity index is 1970. The summed E-state index contributed by atoms with van der Waals surface area (Å²) in [5.41, 5.74) is 12.8. The van der Waals surface area contributed by atoms with E-state index in [0.29, 0.717) is 11.3 Å². The second-order valence-corrected chi connectivity index (χ2v) is 14.5. The Kier molecular flexibility index (Phi) is 9.29. The van der Waals surface area contributed by atoms with E-state index >= 15 is 0 Å². The van der Waals surface area contributed by atoms with Crippen LogP contribution in [0.1, 0.15) is 58.2 Å². The van der Waals surface area contributed by atoms with Crippen molar-refractivity contribution in [2.45, 2.75) is 52.4 Å². The maximum atomic E-state index is 9.06. The van der Waals surface area contributed by atoms with Gasteiger partial charge in [-0.1, -0.05) is 114 Å². The fraction of sp³-hybridized carbons (Fsp3) is 0.178. The molecule has 242 valence electrons. The highest BCUT2D eigenvalue weighted by Crippen LogP contribution is 2.38. The van der Waals surface area contributed by atoms with Gasteiger partial charge >= 0.3 is 0 Å². The summed E-state index contributed by atoms with van der Waals surface area (Å²) >= 11 is 0. The summed E-state index contributed by atoms with van der Waals surface area (Å²) in [7, 11) is 0. The number of nitrogens with zero attached hydrogens (tertiary/aromatic N) is 4. The molecule has 0 atom stereocenters. The molecule has 0 N–H and O–H groups in total. The van der Waals surface area contributed by atoms with Gasteiger partial charge in [-0.25, -0.2) is 0 Å². The van der Waals surface area contributed by atoms with Crippen LogP contribution >= 0.6 is 0 Å². The summed E-state index contributed by atoms with van der Waals surface area (Å²) in [6.07, 6.45) is 0. The lowest BCUT2D eigenvalue weighted by Gasteiger charge is -2.26. The molecule has 6 aromatic rings. The van der Waals surface area contributed by atoms with Gasteiger partial charge in [0, 0.05) is 17.1 Å². The topological polar surface area (TPSA) is 51.8 Å². The van der Waals surface area contributed by atoms with Crippen LogP contribution in [0.5, 0.6) is 0 Å². The Labute approximate surface area is 291 Å². The summed E-state index contributed by atoms with van der Waals surface area (Å²) in [5, 5.41) is 17.9. The molecule has 0 aromatic heterocycles. The molecule has 0 aliphatic carbocycles. The smallest absolute Gasteiger partial charge is 0.0991 e. The average Bonchev–Trinajstić information content (AvgIpc) is 3.11. The Morgan fingerprint density at radius 3 is 1.00 bits per heavy atom. The molecule has 4 heteroatoms. The van der Waals surface area contributed by atoms with Crippen molar-refractivity contribution < 1.29 is 0 Å². The molecule has 0 bridgehead atoms. The van der Waals surface area contributed by atoms with E-state index in [4.69, 9.17) is 5.26 Å². The molecule has 0 fully saturated rings. The van der Waals surface area contributed by atoms with Gasteiger partial charge in [-0.2, -0.15) is 15.5 Å². The van der Waals surface area contributed by atoms with Crippen LogP contribution in [0.3, 0.4) is 0 Å². The van der Waals surface area contributed by atoms with E-state index < -0.39 is 0 Å². The fourth-order valence-corrected chi connectivity index (χ4v) is 5.76. The molecule has 0 spiro atoms. The van der Waals surface area contributed by atoms with Crippen LogP contribution in [-0.2, 0) is 10.8 Å². The zero-order chi connectivity index (χ0) is 34.6. The summed E-state index contributed by atoms with van der Waals surface area (Å²) < 4.78 is 0. The molecule has 0 saturated carbocycles. The molecule has 6 rings (SSSR count). The minimum Gasteiger partial charge on any atom is -0.311 e. The second-order valence-electron chi connectivity index (χ2n) is 14.5. The van der Waals surface area contributed by atoms with Crippen LogP contribution in [0.4, 0.5) is 28.4 Å². The molecular weight excluding hydrogens is 597 g/mol. The van der Waals surface area contributed by atoms with Crippen molar-refractivity contribution in [2.75, 3.05) is 4.90 Å². The molecule has 0 heterocycles. The van der Waals surface area contributed by atoms with Crippen LogP contribution in [0.2, 0.25) is 0 Å². The van der Waals surface area contributed by atoms with Crippen molar-refractivity contribution in [2.24, 2.45) is 10.2 Å². The van der Waals surface area contributed by atoms with Crippen LogP contribution in [0, 0.1) is 11.3 Å². The number of hydrogen-bond acceptors (Lipinski definition) is 4. The van der Waals surface area contributed by atoms with Gasteiger partial charge in [0.1, 0.15) is 0 Å². The fourth-order valence-electron chi connectivity index (χ4n) is 5.76. The van der Waals surface area contributed by atoms with Gasteiger partial charge < -0.3 is 4.90 Å². The zero-order valence-electron chi connectivity index (χ0n) is 29.1. The molecular formula is C45H42N4. The first kappa shape index (κ1) is 33.1. The lowest BCUT2D eigenvalue weighted by atomic mass is 9.86. The summed E-state index contributed by atoms with van der Waals surface area (Å²) in [5.74, 6) is 0. The van der Waals surface area contributed by atoms with Crippen molar-refractivity contribution >= 4 is 28.4 Å². The van der Waals surface area contributed by atoms with Crippen LogP contribution < -0.4 is 4.90 Å². The summed E-state index contributed by atoms with van der Waals surface area (Å²) in [6.45, 7) is 13.4. The van der Waals surface area contributed by atoms with Gasteiger partial charge in [0.05, 0.1) is 23.0 Å². The molecule has 49 heavy (non-hydrogen) atoms. The van der Waals surface area contributed by atoms with E-state index in [0.717, 1.165) is 22.7 Å². The van der Waals surface area contributed by atoms with Gasteiger partial charge in [0.2, 0.25) is 0 Å². The molecule has 0 aliphatic heterocycles. The summed E-state index contributed by atoms with van der Waals surface area (Å²) in [6, 6.07) is 52.6. The quantitative estimate of drug-likeness (QED) is 0.163. The van der Waals surface area contributed by atoms with Gasteiger partial charge in [-0.05, 0) is 117 Å².